The van der Waals surface area contributed by atoms with Crippen LogP contribution in [0.5, 0.6) is 0 Å². The lowest BCUT2D eigenvalue weighted by molar-refractivity contribution is -0.122. The lowest BCUT2D eigenvalue weighted by atomic mass is 10.2. The van der Waals surface area contributed by atoms with Gasteiger partial charge in [-0.3, -0.25) is 4.79 Å². The zero-order valence-electron chi connectivity index (χ0n) is 7.68. The minimum Gasteiger partial charge on any atom is -0.353 e. The molecule has 2 nitrogen and oxygen atoms in total. The zero-order valence-corrected chi connectivity index (χ0v) is 7.68. The molecule has 0 aromatic rings. The molecule has 1 amide bonds. The molecule has 2 aliphatic carbocycles. The Morgan fingerprint density at radius 2 is 2.25 bits per heavy atom. The van der Waals surface area contributed by atoms with Gasteiger partial charge in [0.25, 0.3) is 0 Å². The summed E-state index contributed by atoms with van der Waals surface area (Å²) in [6, 6.07) is 0.540. The second-order valence-corrected chi connectivity index (χ2v) is 4.17. The first-order valence-electron chi connectivity index (χ1n) is 5.11. The van der Waals surface area contributed by atoms with Crippen LogP contribution in [0.25, 0.3) is 0 Å². The number of amides is 1. The van der Waals surface area contributed by atoms with E-state index in [0.29, 0.717) is 17.9 Å². The molecule has 2 unspecified atom stereocenters. The van der Waals surface area contributed by atoms with Crippen molar-refractivity contribution in [3.63, 3.8) is 0 Å². The summed E-state index contributed by atoms with van der Waals surface area (Å²) >= 11 is 0. The minimum atomic E-state index is 0.318. The SMILES string of the molecule is CCCC1CC1NC(=O)C1CC1. The molecule has 2 heteroatoms. The Labute approximate surface area is 73.7 Å². The number of nitrogens with one attached hydrogen (secondary N) is 1. The molecule has 0 aromatic carbocycles. The van der Waals surface area contributed by atoms with Gasteiger partial charge in [-0.15, -0.1) is 0 Å². The van der Waals surface area contributed by atoms with Gasteiger partial charge >= 0.3 is 0 Å². The smallest absolute Gasteiger partial charge is 0.223 e. The molecule has 68 valence electrons. The van der Waals surface area contributed by atoms with Crippen molar-refractivity contribution in [3.05, 3.63) is 0 Å². The first-order valence-corrected chi connectivity index (χ1v) is 5.11. The quantitative estimate of drug-likeness (QED) is 0.678. The monoisotopic (exact) mass is 167 g/mol. The van der Waals surface area contributed by atoms with E-state index in [1.807, 2.05) is 0 Å². The molecule has 0 aromatic heterocycles. The fourth-order valence-corrected chi connectivity index (χ4v) is 1.76. The van der Waals surface area contributed by atoms with Crippen molar-refractivity contribution in [2.45, 2.75) is 45.1 Å². The molecule has 2 rings (SSSR count). The Hall–Kier alpha value is -0.530. The van der Waals surface area contributed by atoms with Gasteiger partial charge in [-0.2, -0.15) is 0 Å². The maximum Gasteiger partial charge on any atom is 0.223 e. The van der Waals surface area contributed by atoms with Crippen LogP contribution in [0.3, 0.4) is 0 Å². The third kappa shape index (κ3) is 1.79. The highest BCUT2D eigenvalue weighted by Crippen LogP contribution is 2.36. The van der Waals surface area contributed by atoms with Crippen molar-refractivity contribution < 1.29 is 4.79 Å². The van der Waals surface area contributed by atoms with Gasteiger partial charge in [-0.25, -0.2) is 0 Å². The summed E-state index contributed by atoms with van der Waals surface area (Å²) in [5, 5.41) is 3.11. The van der Waals surface area contributed by atoms with Gasteiger partial charge in [0, 0.05) is 12.0 Å². The average Bonchev–Trinajstić information content (AvgIpc) is 2.81. The highest BCUT2D eigenvalue weighted by molar-refractivity contribution is 5.81. The van der Waals surface area contributed by atoms with Gasteiger partial charge in [0.2, 0.25) is 5.91 Å². The Morgan fingerprint density at radius 1 is 1.50 bits per heavy atom. The Bertz CT molecular complexity index is 186. The number of hydrogen-bond acceptors (Lipinski definition) is 1. The molecule has 1 N–H and O–H groups in total. The van der Waals surface area contributed by atoms with Gasteiger partial charge < -0.3 is 5.32 Å². The fourth-order valence-electron chi connectivity index (χ4n) is 1.76. The normalized spacial score (nSPS) is 33.1. The lowest BCUT2D eigenvalue weighted by Crippen LogP contribution is -2.28. The number of hydrogen-bond donors (Lipinski definition) is 1. The van der Waals surface area contributed by atoms with Crippen molar-refractivity contribution in [1.29, 1.82) is 0 Å². The van der Waals surface area contributed by atoms with E-state index in [2.05, 4.69) is 12.2 Å². The van der Waals surface area contributed by atoms with Crippen LogP contribution in [0.1, 0.15) is 39.0 Å². The first-order chi connectivity index (χ1) is 5.81. The van der Waals surface area contributed by atoms with Crippen LogP contribution in [0.15, 0.2) is 0 Å². The molecule has 0 spiro atoms. The Kier molecular flexibility index (Phi) is 2.07. The number of carbonyl (C=O) groups excluding carboxylic acids is 1. The largest absolute Gasteiger partial charge is 0.353 e. The summed E-state index contributed by atoms with van der Waals surface area (Å²) in [5.74, 6) is 1.50. The highest BCUT2D eigenvalue weighted by atomic mass is 16.2. The van der Waals surface area contributed by atoms with Crippen LogP contribution in [-0.4, -0.2) is 11.9 Å². The Morgan fingerprint density at radius 3 is 2.83 bits per heavy atom. The van der Waals surface area contributed by atoms with E-state index in [0.717, 1.165) is 18.8 Å². The van der Waals surface area contributed by atoms with Gasteiger partial charge in [-0.1, -0.05) is 13.3 Å². The summed E-state index contributed by atoms with van der Waals surface area (Å²) in [6.07, 6.45) is 6.01. The van der Waals surface area contributed by atoms with E-state index in [9.17, 15) is 4.79 Å². The third-order valence-corrected chi connectivity index (χ3v) is 2.86. The summed E-state index contributed by atoms with van der Waals surface area (Å²) in [5.41, 5.74) is 0. The molecule has 0 saturated heterocycles. The van der Waals surface area contributed by atoms with Gasteiger partial charge in [-0.05, 0) is 31.6 Å². The zero-order chi connectivity index (χ0) is 8.55. The molecule has 2 saturated carbocycles. The van der Waals surface area contributed by atoms with Crippen molar-refractivity contribution in [2.24, 2.45) is 11.8 Å². The molecular formula is C10H17NO. The number of carbonyl (C=O) groups is 1. The average molecular weight is 167 g/mol. The topological polar surface area (TPSA) is 29.1 Å². The van der Waals surface area contributed by atoms with Crippen LogP contribution in [0.4, 0.5) is 0 Å². The van der Waals surface area contributed by atoms with E-state index >= 15 is 0 Å². The molecular weight excluding hydrogens is 150 g/mol. The standard InChI is InChI=1S/C10H17NO/c1-2-3-8-6-9(8)11-10(12)7-4-5-7/h7-9H,2-6H2,1H3,(H,11,12). The predicted molar refractivity (Wildman–Crippen MR) is 47.7 cm³/mol. The van der Waals surface area contributed by atoms with Gasteiger partial charge in [0.05, 0.1) is 0 Å². The summed E-state index contributed by atoms with van der Waals surface area (Å²) in [4.78, 5) is 11.3. The van der Waals surface area contributed by atoms with Crippen molar-refractivity contribution in [1.82, 2.24) is 5.32 Å². The Balaban J connectivity index is 1.65. The second kappa shape index (κ2) is 3.08. The molecule has 0 aliphatic heterocycles. The van der Waals surface area contributed by atoms with Crippen LogP contribution >= 0.6 is 0 Å². The van der Waals surface area contributed by atoms with E-state index in [-0.39, 0.29) is 0 Å². The van der Waals surface area contributed by atoms with Crippen molar-refractivity contribution >= 4 is 5.91 Å². The van der Waals surface area contributed by atoms with Crippen LogP contribution in [0, 0.1) is 11.8 Å². The summed E-state index contributed by atoms with van der Waals surface area (Å²) in [6.45, 7) is 2.21. The van der Waals surface area contributed by atoms with Crippen LogP contribution in [0.2, 0.25) is 0 Å². The molecule has 0 heterocycles. The van der Waals surface area contributed by atoms with E-state index in [1.165, 1.54) is 19.3 Å². The fraction of sp³-hybridized carbons (Fsp3) is 0.900. The molecule has 2 atom stereocenters. The maximum absolute atomic E-state index is 11.3. The first kappa shape index (κ1) is 8.09. The molecule has 0 bridgehead atoms. The number of rotatable bonds is 4. The lowest BCUT2D eigenvalue weighted by Gasteiger charge is -2.01. The van der Waals surface area contributed by atoms with Crippen molar-refractivity contribution in [3.8, 4) is 0 Å². The van der Waals surface area contributed by atoms with Crippen LogP contribution in [-0.2, 0) is 4.79 Å². The third-order valence-electron chi connectivity index (χ3n) is 2.86. The molecule has 0 radical (unpaired) electrons. The molecule has 2 fully saturated rings. The summed E-state index contributed by atoms with van der Waals surface area (Å²) < 4.78 is 0. The van der Waals surface area contributed by atoms with Crippen LogP contribution < -0.4 is 5.32 Å². The predicted octanol–water partition coefficient (Wildman–Crippen LogP) is 1.70. The maximum atomic E-state index is 11.3. The van der Waals surface area contributed by atoms with E-state index in [4.69, 9.17) is 0 Å². The highest BCUT2D eigenvalue weighted by Gasteiger charge is 2.40. The second-order valence-electron chi connectivity index (χ2n) is 4.17. The van der Waals surface area contributed by atoms with E-state index in [1.54, 1.807) is 0 Å². The van der Waals surface area contributed by atoms with Gasteiger partial charge in [0.1, 0.15) is 0 Å². The van der Waals surface area contributed by atoms with Gasteiger partial charge in [0.15, 0.2) is 0 Å². The van der Waals surface area contributed by atoms with Crippen molar-refractivity contribution in [2.75, 3.05) is 0 Å². The molecule has 12 heavy (non-hydrogen) atoms. The minimum absolute atomic E-state index is 0.318. The van der Waals surface area contributed by atoms with E-state index < -0.39 is 0 Å². The molecule has 2 aliphatic rings. The summed E-state index contributed by atoms with van der Waals surface area (Å²) in [7, 11) is 0.